The largest absolute Gasteiger partial charge is 0.497 e. The molecule has 0 aliphatic rings. The van der Waals surface area contributed by atoms with Gasteiger partial charge in [0.25, 0.3) is 0 Å². The standard InChI is InChI=1S/C13H12N2O5/c1-18-9-3-5-11(12(7-9)19-2)14-8-10-4-6-13(20-10)15(16)17/h3-8H,1-2H3. The van der Waals surface area contributed by atoms with Gasteiger partial charge in [0.2, 0.25) is 0 Å². The van der Waals surface area contributed by atoms with Gasteiger partial charge in [-0.15, -0.1) is 0 Å². The molecule has 0 spiro atoms. The predicted octanol–water partition coefficient (Wildman–Crippen LogP) is 2.96. The first kappa shape index (κ1) is 13.6. The molecular weight excluding hydrogens is 264 g/mol. The number of methoxy groups -OCH3 is 2. The smallest absolute Gasteiger partial charge is 0.433 e. The predicted molar refractivity (Wildman–Crippen MR) is 72.2 cm³/mol. The molecule has 7 heteroatoms. The molecule has 0 unspecified atom stereocenters. The van der Waals surface area contributed by atoms with Crippen LogP contribution in [0.15, 0.2) is 39.7 Å². The van der Waals surface area contributed by atoms with Gasteiger partial charge in [-0.2, -0.15) is 0 Å². The van der Waals surface area contributed by atoms with E-state index in [1.54, 1.807) is 25.3 Å². The lowest BCUT2D eigenvalue weighted by molar-refractivity contribution is -0.402. The molecule has 0 radical (unpaired) electrons. The molecule has 1 heterocycles. The molecular formula is C13H12N2O5. The van der Waals surface area contributed by atoms with Crippen molar-refractivity contribution < 1.29 is 18.8 Å². The number of furan rings is 1. The summed E-state index contributed by atoms with van der Waals surface area (Å²) in [6.07, 6.45) is 1.39. The quantitative estimate of drug-likeness (QED) is 0.476. The summed E-state index contributed by atoms with van der Waals surface area (Å²) < 4.78 is 15.2. The highest BCUT2D eigenvalue weighted by atomic mass is 16.6. The number of hydrogen-bond acceptors (Lipinski definition) is 6. The van der Waals surface area contributed by atoms with Gasteiger partial charge in [0.05, 0.1) is 26.5 Å². The van der Waals surface area contributed by atoms with Crippen molar-refractivity contribution in [3.05, 3.63) is 46.2 Å². The summed E-state index contributed by atoms with van der Waals surface area (Å²) in [5.41, 5.74) is 0.562. The highest BCUT2D eigenvalue weighted by molar-refractivity contribution is 5.80. The van der Waals surface area contributed by atoms with Gasteiger partial charge in [0, 0.05) is 6.07 Å². The Morgan fingerprint density at radius 1 is 1.25 bits per heavy atom. The third kappa shape index (κ3) is 2.94. The minimum Gasteiger partial charge on any atom is -0.497 e. The van der Waals surface area contributed by atoms with Crippen LogP contribution in [-0.4, -0.2) is 25.4 Å². The lowest BCUT2D eigenvalue weighted by Crippen LogP contribution is -1.87. The number of benzene rings is 1. The number of nitro groups is 1. The average Bonchev–Trinajstić information content (AvgIpc) is 2.94. The SMILES string of the molecule is COc1ccc(N=Cc2ccc([N+](=O)[O-])o2)c(OC)c1. The topological polar surface area (TPSA) is 87.1 Å². The molecule has 0 saturated heterocycles. The van der Waals surface area contributed by atoms with E-state index in [2.05, 4.69) is 4.99 Å². The lowest BCUT2D eigenvalue weighted by Gasteiger charge is -2.06. The second-order valence-electron chi connectivity index (χ2n) is 3.73. The zero-order chi connectivity index (χ0) is 14.5. The maximum absolute atomic E-state index is 10.5. The zero-order valence-corrected chi connectivity index (χ0v) is 10.9. The molecule has 0 N–H and O–H groups in total. The molecule has 1 aromatic carbocycles. The Balaban J connectivity index is 2.23. The Morgan fingerprint density at radius 2 is 2.05 bits per heavy atom. The second-order valence-corrected chi connectivity index (χ2v) is 3.73. The van der Waals surface area contributed by atoms with Gasteiger partial charge in [-0.3, -0.25) is 10.1 Å². The number of rotatable bonds is 5. The first-order chi connectivity index (χ1) is 9.63. The normalized spacial score (nSPS) is 10.7. The molecule has 0 atom stereocenters. The van der Waals surface area contributed by atoms with Gasteiger partial charge in [-0.25, -0.2) is 4.99 Å². The summed E-state index contributed by atoms with van der Waals surface area (Å²) >= 11 is 0. The number of nitrogens with zero attached hydrogens (tertiary/aromatic N) is 2. The molecule has 1 aromatic heterocycles. The van der Waals surface area contributed by atoms with Crippen molar-refractivity contribution in [3.8, 4) is 11.5 Å². The Hall–Kier alpha value is -2.83. The fourth-order valence-electron chi connectivity index (χ4n) is 1.53. The summed E-state index contributed by atoms with van der Waals surface area (Å²) in [7, 11) is 3.07. The summed E-state index contributed by atoms with van der Waals surface area (Å²) in [5, 5.41) is 10.5. The molecule has 2 rings (SSSR count). The van der Waals surface area contributed by atoms with E-state index in [0.717, 1.165) is 0 Å². The average molecular weight is 276 g/mol. The van der Waals surface area contributed by atoms with Crippen molar-refractivity contribution in [2.45, 2.75) is 0 Å². The summed E-state index contributed by atoms with van der Waals surface area (Å²) in [6.45, 7) is 0. The van der Waals surface area contributed by atoms with E-state index in [-0.39, 0.29) is 11.6 Å². The van der Waals surface area contributed by atoms with Gasteiger partial charge in [0.15, 0.2) is 5.76 Å². The van der Waals surface area contributed by atoms with Crippen LogP contribution in [0.25, 0.3) is 0 Å². The fraction of sp³-hybridized carbons (Fsp3) is 0.154. The van der Waals surface area contributed by atoms with E-state index < -0.39 is 4.92 Å². The fourth-order valence-corrected chi connectivity index (χ4v) is 1.53. The van der Waals surface area contributed by atoms with E-state index in [1.807, 2.05) is 0 Å². The summed E-state index contributed by atoms with van der Waals surface area (Å²) in [6, 6.07) is 7.88. The number of aliphatic imine (C=N–C) groups is 1. The van der Waals surface area contributed by atoms with E-state index in [9.17, 15) is 10.1 Å². The van der Waals surface area contributed by atoms with E-state index >= 15 is 0 Å². The Morgan fingerprint density at radius 3 is 2.65 bits per heavy atom. The zero-order valence-electron chi connectivity index (χ0n) is 10.9. The third-order valence-electron chi connectivity index (χ3n) is 2.51. The minimum absolute atomic E-state index is 0.287. The Labute approximate surface area is 114 Å². The molecule has 0 aliphatic carbocycles. The molecule has 0 saturated carbocycles. The third-order valence-corrected chi connectivity index (χ3v) is 2.51. The van der Waals surface area contributed by atoms with Gasteiger partial charge in [-0.1, -0.05) is 0 Å². The van der Waals surface area contributed by atoms with E-state index in [4.69, 9.17) is 13.9 Å². The molecule has 104 valence electrons. The van der Waals surface area contributed by atoms with Crippen LogP contribution in [0.1, 0.15) is 5.76 Å². The molecule has 0 fully saturated rings. The van der Waals surface area contributed by atoms with Crippen molar-refractivity contribution in [1.82, 2.24) is 0 Å². The van der Waals surface area contributed by atoms with Crippen LogP contribution >= 0.6 is 0 Å². The lowest BCUT2D eigenvalue weighted by atomic mass is 10.3. The molecule has 0 amide bonds. The van der Waals surface area contributed by atoms with E-state index in [0.29, 0.717) is 17.2 Å². The highest BCUT2D eigenvalue weighted by Gasteiger charge is 2.10. The molecule has 20 heavy (non-hydrogen) atoms. The van der Waals surface area contributed by atoms with Crippen molar-refractivity contribution in [3.63, 3.8) is 0 Å². The van der Waals surface area contributed by atoms with Crippen molar-refractivity contribution in [1.29, 1.82) is 0 Å². The molecule has 0 aliphatic heterocycles. The van der Waals surface area contributed by atoms with E-state index in [1.165, 1.54) is 25.5 Å². The van der Waals surface area contributed by atoms with Crippen molar-refractivity contribution in [2.24, 2.45) is 4.99 Å². The molecule has 7 nitrogen and oxygen atoms in total. The van der Waals surface area contributed by atoms with Crippen LogP contribution in [0.3, 0.4) is 0 Å². The van der Waals surface area contributed by atoms with Crippen LogP contribution in [0.2, 0.25) is 0 Å². The first-order valence-electron chi connectivity index (χ1n) is 5.64. The Bertz CT molecular complexity index is 648. The van der Waals surface area contributed by atoms with Crippen LogP contribution < -0.4 is 9.47 Å². The molecule has 0 bridgehead atoms. The maximum Gasteiger partial charge on any atom is 0.433 e. The van der Waals surface area contributed by atoms with Crippen LogP contribution in [-0.2, 0) is 0 Å². The monoisotopic (exact) mass is 276 g/mol. The van der Waals surface area contributed by atoms with Crippen LogP contribution in [0.5, 0.6) is 11.5 Å². The van der Waals surface area contributed by atoms with Gasteiger partial charge in [0.1, 0.15) is 22.1 Å². The highest BCUT2D eigenvalue weighted by Crippen LogP contribution is 2.31. The van der Waals surface area contributed by atoms with Gasteiger partial charge >= 0.3 is 5.88 Å². The van der Waals surface area contributed by atoms with Crippen molar-refractivity contribution >= 4 is 17.8 Å². The van der Waals surface area contributed by atoms with Crippen LogP contribution in [0.4, 0.5) is 11.6 Å². The minimum atomic E-state index is -0.606. The first-order valence-corrected chi connectivity index (χ1v) is 5.64. The number of ether oxygens (including phenoxy) is 2. The van der Waals surface area contributed by atoms with Gasteiger partial charge in [-0.05, 0) is 18.2 Å². The second kappa shape index (κ2) is 5.87. The van der Waals surface area contributed by atoms with Gasteiger partial charge < -0.3 is 13.9 Å². The van der Waals surface area contributed by atoms with Crippen LogP contribution in [0, 0.1) is 10.1 Å². The molecule has 2 aromatic rings. The number of hydrogen-bond donors (Lipinski definition) is 0. The summed E-state index contributed by atoms with van der Waals surface area (Å²) in [5.74, 6) is 1.14. The Kier molecular flexibility index (Phi) is 3.99. The van der Waals surface area contributed by atoms with Crippen molar-refractivity contribution in [2.75, 3.05) is 14.2 Å². The summed E-state index contributed by atoms with van der Waals surface area (Å²) in [4.78, 5) is 14.1. The maximum atomic E-state index is 10.5.